The lowest BCUT2D eigenvalue weighted by Crippen LogP contribution is -2.47. The molecule has 2 heteroatoms. The summed E-state index contributed by atoms with van der Waals surface area (Å²) in [6.45, 7) is 3.43. The fraction of sp³-hybridized carbons (Fsp3) is 1.00. The minimum atomic E-state index is 0.248. The Morgan fingerprint density at radius 2 is 1.94 bits per heavy atom. The van der Waals surface area contributed by atoms with E-state index in [1.165, 1.54) is 57.8 Å². The second-order valence-electron chi connectivity index (χ2n) is 6.00. The van der Waals surface area contributed by atoms with Crippen molar-refractivity contribution in [2.75, 3.05) is 13.6 Å². The quantitative estimate of drug-likeness (QED) is 0.766. The van der Waals surface area contributed by atoms with Gasteiger partial charge in [-0.15, -0.1) is 0 Å². The van der Waals surface area contributed by atoms with Gasteiger partial charge in [-0.2, -0.15) is 0 Å². The average molecular weight is 239 g/mol. The van der Waals surface area contributed by atoms with E-state index in [2.05, 4.69) is 12.2 Å². The molecular formula is C15H29NO. The molecule has 0 radical (unpaired) electrons. The van der Waals surface area contributed by atoms with Crippen molar-refractivity contribution in [1.82, 2.24) is 5.32 Å². The van der Waals surface area contributed by atoms with E-state index in [-0.39, 0.29) is 5.60 Å². The van der Waals surface area contributed by atoms with Crippen molar-refractivity contribution in [2.45, 2.75) is 76.4 Å². The van der Waals surface area contributed by atoms with Crippen molar-refractivity contribution < 1.29 is 4.74 Å². The molecular weight excluding hydrogens is 210 g/mol. The Morgan fingerprint density at radius 3 is 2.53 bits per heavy atom. The van der Waals surface area contributed by atoms with E-state index in [0.29, 0.717) is 6.10 Å². The zero-order valence-corrected chi connectivity index (χ0v) is 11.6. The van der Waals surface area contributed by atoms with Crippen LogP contribution in [0.1, 0.15) is 64.7 Å². The second kappa shape index (κ2) is 6.19. The molecule has 0 aromatic heterocycles. The lowest BCUT2D eigenvalue weighted by Gasteiger charge is -2.47. The van der Waals surface area contributed by atoms with Crippen LogP contribution in [-0.2, 0) is 4.74 Å². The Balaban J connectivity index is 1.88. The third-order valence-corrected chi connectivity index (χ3v) is 4.86. The zero-order valence-electron chi connectivity index (χ0n) is 11.6. The summed E-state index contributed by atoms with van der Waals surface area (Å²) in [7, 11) is 2.04. The van der Waals surface area contributed by atoms with E-state index in [9.17, 15) is 0 Å². The molecule has 0 spiro atoms. The van der Waals surface area contributed by atoms with Crippen LogP contribution in [0.4, 0.5) is 0 Å². The van der Waals surface area contributed by atoms with E-state index < -0.39 is 0 Å². The number of rotatable bonds is 6. The topological polar surface area (TPSA) is 21.3 Å². The van der Waals surface area contributed by atoms with Gasteiger partial charge in [-0.3, -0.25) is 0 Å². The van der Waals surface area contributed by atoms with E-state index in [1.807, 2.05) is 7.05 Å². The standard InChI is InChI=1S/C15H29NO/c1-3-13-7-4-5-8-14(13)17-15(9-6-10-15)11-12-16-2/h13-14,16H,3-12H2,1-2H3. The van der Waals surface area contributed by atoms with Crippen molar-refractivity contribution in [3.8, 4) is 0 Å². The highest BCUT2D eigenvalue weighted by atomic mass is 16.5. The molecule has 0 aliphatic heterocycles. The van der Waals surface area contributed by atoms with Crippen molar-refractivity contribution in [3.05, 3.63) is 0 Å². The first-order valence-electron chi connectivity index (χ1n) is 7.62. The minimum Gasteiger partial charge on any atom is -0.371 e. The molecule has 0 saturated heterocycles. The molecule has 0 bridgehead atoms. The SMILES string of the molecule is CCC1CCCCC1OC1(CCNC)CCC1. The zero-order chi connectivity index (χ0) is 12.1. The second-order valence-corrected chi connectivity index (χ2v) is 6.00. The van der Waals surface area contributed by atoms with Crippen molar-refractivity contribution in [1.29, 1.82) is 0 Å². The molecule has 2 fully saturated rings. The first-order valence-corrected chi connectivity index (χ1v) is 7.62. The Hall–Kier alpha value is -0.0800. The Labute approximate surface area is 107 Å². The van der Waals surface area contributed by atoms with Gasteiger partial charge in [0.15, 0.2) is 0 Å². The Kier molecular flexibility index (Phi) is 4.87. The van der Waals surface area contributed by atoms with Crippen LogP contribution in [0, 0.1) is 5.92 Å². The summed E-state index contributed by atoms with van der Waals surface area (Å²) in [5.74, 6) is 0.829. The van der Waals surface area contributed by atoms with Crippen LogP contribution in [0.3, 0.4) is 0 Å². The van der Waals surface area contributed by atoms with E-state index in [1.54, 1.807) is 0 Å². The van der Waals surface area contributed by atoms with Gasteiger partial charge in [0.25, 0.3) is 0 Å². The van der Waals surface area contributed by atoms with Crippen LogP contribution in [0.2, 0.25) is 0 Å². The maximum atomic E-state index is 6.58. The molecule has 0 aromatic rings. The molecule has 2 aliphatic carbocycles. The first kappa shape index (κ1) is 13.4. The normalized spacial score (nSPS) is 32.1. The summed E-state index contributed by atoms with van der Waals surface area (Å²) in [6.07, 6.45) is 12.5. The maximum Gasteiger partial charge on any atom is 0.0698 e. The molecule has 2 rings (SSSR count). The van der Waals surface area contributed by atoms with Gasteiger partial charge in [0.2, 0.25) is 0 Å². The highest BCUT2D eigenvalue weighted by Crippen LogP contribution is 2.42. The summed E-state index contributed by atoms with van der Waals surface area (Å²) >= 11 is 0. The molecule has 2 nitrogen and oxygen atoms in total. The van der Waals surface area contributed by atoms with E-state index in [4.69, 9.17) is 4.74 Å². The van der Waals surface area contributed by atoms with Gasteiger partial charge in [0.1, 0.15) is 0 Å². The molecule has 2 atom stereocenters. The summed E-state index contributed by atoms with van der Waals surface area (Å²) in [5, 5.41) is 3.27. The summed E-state index contributed by atoms with van der Waals surface area (Å²) < 4.78 is 6.58. The molecule has 0 heterocycles. The molecule has 2 saturated carbocycles. The van der Waals surface area contributed by atoms with Gasteiger partial charge in [0.05, 0.1) is 11.7 Å². The van der Waals surface area contributed by atoms with Gasteiger partial charge < -0.3 is 10.1 Å². The van der Waals surface area contributed by atoms with Crippen molar-refractivity contribution in [3.63, 3.8) is 0 Å². The number of nitrogens with one attached hydrogen (secondary N) is 1. The maximum absolute atomic E-state index is 6.58. The van der Waals surface area contributed by atoms with Gasteiger partial charge in [-0.1, -0.05) is 26.2 Å². The molecule has 2 unspecified atom stereocenters. The lowest BCUT2D eigenvalue weighted by atomic mass is 9.76. The van der Waals surface area contributed by atoms with E-state index in [0.717, 1.165) is 12.5 Å². The highest BCUT2D eigenvalue weighted by molar-refractivity contribution is 4.92. The fourth-order valence-electron chi connectivity index (χ4n) is 3.47. The van der Waals surface area contributed by atoms with Crippen LogP contribution in [-0.4, -0.2) is 25.3 Å². The van der Waals surface area contributed by atoms with Crippen molar-refractivity contribution >= 4 is 0 Å². The number of hydrogen-bond acceptors (Lipinski definition) is 2. The molecule has 2 aliphatic rings. The minimum absolute atomic E-state index is 0.248. The van der Waals surface area contributed by atoms with E-state index >= 15 is 0 Å². The average Bonchev–Trinajstić information content (AvgIpc) is 2.33. The molecule has 100 valence electrons. The van der Waals surface area contributed by atoms with Crippen LogP contribution in [0.25, 0.3) is 0 Å². The molecule has 1 N–H and O–H groups in total. The molecule has 0 aromatic carbocycles. The van der Waals surface area contributed by atoms with Crippen LogP contribution in [0.5, 0.6) is 0 Å². The van der Waals surface area contributed by atoms with Crippen LogP contribution < -0.4 is 5.32 Å². The lowest BCUT2D eigenvalue weighted by molar-refractivity contribution is -0.167. The Bertz CT molecular complexity index is 225. The van der Waals surface area contributed by atoms with Gasteiger partial charge in [-0.25, -0.2) is 0 Å². The predicted molar refractivity (Wildman–Crippen MR) is 72.2 cm³/mol. The van der Waals surface area contributed by atoms with Crippen molar-refractivity contribution in [2.24, 2.45) is 5.92 Å². The van der Waals surface area contributed by atoms with Crippen LogP contribution in [0.15, 0.2) is 0 Å². The summed E-state index contributed by atoms with van der Waals surface area (Å²) in [4.78, 5) is 0. The number of ether oxygens (including phenoxy) is 1. The number of hydrogen-bond donors (Lipinski definition) is 1. The predicted octanol–water partition coefficient (Wildman–Crippen LogP) is 3.50. The molecule has 0 amide bonds. The largest absolute Gasteiger partial charge is 0.371 e. The fourth-order valence-corrected chi connectivity index (χ4v) is 3.47. The molecule has 17 heavy (non-hydrogen) atoms. The van der Waals surface area contributed by atoms with Gasteiger partial charge in [-0.05, 0) is 58.0 Å². The third-order valence-electron chi connectivity index (χ3n) is 4.86. The summed E-state index contributed by atoms with van der Waals surface area (Å²) in [5.41, 5.74) is 0.248. The van der Waals surface area contributed by atoms with Crippen LogP contribution >= 0.6 is 0 Å². The van der Waals surface area contributed by atoms with Gasteiger partial charge >= 0.3 is 0 Å². The summed E-state index contributed by atoms with van der Waals surface area (Å²) in [6, 6.07) is 0. The monoisotopic (exact) mass is 239 g/mol. The van der Waals surface area contributed by atoms with Gasteiger partial charge in [0, 0.05) is 0 Å². The third kappa shape index (κ3) is 3.23. The smallest absolute Gasteiger partial charge is 0.0698 e. The Morgan fingerprint density at radius 1 is 1.18 bits per heavy atom. The highest BCUT2D eigenvalue weighted by Gasteiger charge is 2.41. The first-order chi connectivity index (χ1) is 8.29.